The highest BCUT2D eigenvalue weighted by atomic mass is 16.5. The van der Waals surface area contributed by atoms with Crippen molar-refractivity contribution in [1.29, 1.82) is 0 Å². The lowest BCUT2D eigenvalue weighted by Gasteiger charge is -2.14. The Labute approximate surface area is 176 Å². The van der Waals surface area contributed by atoms with E-state index in [1.807, 2.05) is 31.3 Å². The van der Waals surface area contributed by atoms with Gasteiger partial charge >= 0.3 is 0 Å². The molecule has 0 spiro atoms. The normalized spacial score (nSPS) is 10.6. The first-order valence-corrected chi connectivity index (χ1v) is 9.74. The summed E-state index contributed by atoms with van der Waals surface area (Å²) >= 11 is 0. The number of nitrogens with zero attached hydrogens (tertiary/aromatic N) is 2. The smallest absolute Gasteiger partial charge is 0.255 e. The third kappa shape index (κ3) is 5.37. The number of amides is 1. The maximum atomic E-state index is 12.7. The Hall–Kier alpha value is -3.36. The summed E-state index contributed by atoms with van der Waals surface area (Å²) < 4.78 is 12.9. The highest BCUT2D eigenvalue weighted by molar-refractivity contribution is 6.04. The second kappa shape index (κ2) is 10.4. The molecule has 0 atom stereocenters. The van der Waals surface area contributed by atoms with Gasteiger partial charge in [-0.1, -0.05) is 6.07 Å². The minimum Gasteiger partial charge on any atom is -0.497 e. The predicted molar refractivity (Wildman–Crippen MR) is 117 cm³/mol. The van der Waals surface area contributed by atoms with Gasteiger partial charge in [-0.25, -0.2) is 0 Å². The fourth-order valence-corrected chi connectivity index (χ4v) is 3.00. The summed E-state index contributed by atoms with van der Waals surface area (Å²) in [7, 11) is 3.44. The van der Waals surface area contributed by atoms with Crippen molar-refractivity contribution in [3.05, 3.63) is 60.3 Å². The number of hydrogen-bond acceptors (Lipinski definition) is 6. The number of hydrogen-bond donors (Lipinski definition) is 3. The lowest BCUT2D eigenvalue weighted by molar-refractivity contribution is 0.102. The van der Waals surface area contributed by atoms with Gasteiger partial charge in [0.25, 0.3) is 5.91 Å². The Balaban J connectivity index is 1.80. The van der Waals surface area contributed by atoms with Gasteiger partial charge in [-0.05, 0) is 42.5 Å². The molecule has 4 N–H and O–H groups in total. The lowest BCUT2D eigenvalue weighted by atomic mass is 10.1. The summed E-state index contributed by atoms with van der Waals surface area (Å²) in [6, 6.07) is 14.5. The molecule has 0 aliphatic carbocycles. The topological polar surface area (TPSA) is 103 Å². The van der Waals surface area contributed by atoms with E-state index in [4.69, 9.17) is 15.2 Å². The van der Waals surface area contributed by atoms with E-state index in [1.165, 1.54) is 0 Å². The molecule has 30 heavy (non-hydrogen) atoms. The van der Waals surface area contributed by atoms with E-state index < -0.39 is 0 Å². The molecular formula is C22H27N5O3. The molecule has 1 heterocycles. The van der Waals surface area contributed by atoms with Crippen LogP contribution >= 0.6 is 0 Å². The van der Waals surface area contributed by atoms with Crippen LogP contribution in [0, 0.1) is 0 Å². The van der Waals surface area contributed by atoms with Crippen molar-refractivity contribution in [2.45, 2.75) is 0 Å². The standard InChI is InChI=1S/C22H27N5O3/c1-27-20(8-10-25-27)19-15-17(6-7-21(19)30-13-12-24-11-9-23)26-22(28)16-4-3-5-18(14-16)29-2/h3-8,10,14-15,24H,9,11-13,23H2,1-2H3,(H,26,28). The largest absolute Gasteiger partial charge is 0.497 e. The molecular weight excluding hydrogens is 382 g/mol. The van der Waals surface area contributed by atoms with Gasteiger partial charge in [0.05, 0.1) is 12.8 Å². The first-order chi connectivity index (χ1) is 14.6. The van der Waals surface area contributed by atoms with Gasteiger partial charge in [0.1, 0.15) is 18.1 Å². The van der Waals surface area contributed by atoms with E-state index in [9.17, 15) is 4.79 Å². The van der Waals surface area contributed by atoms with Crippen LogP contribution in [0.25, 0.3) is 11.3 Å². The molecule has 0 saturated heterocycles. The third-order valence-electron chi connectivity index (χ3n) is 4.52. The molecule has 0 saturated carbocycles. The zero-order valence-corrected chi connectivity index (χ0v) is 17.2. The minimum atomic E-state index is -0.218. The van der Waals surface area contributed by atoms with Crippen molar-refractivity contribution in [2.75, 3.05) is 38.7 Å². The Morgan fingerprint density at radius 2 is 2.03 bits per heavy atom. The molecule has 0 aliphatic rings. The number of anilines is 1. The first kappa shape index (κ1) is 21.4. The molecule has 8 nitrogen and oxygen atoms in total. The molecule has 3 aromatic rings. The number of nitrogens with two attached hydrogens (primary N) is 1. The fourth-order valence-electron chi connectivity index (χ4n) is 3.00. The van der Waals surface area contributed by atoms with Crippen LogP contribution in [-0.2, 0) is 7.05 Å². The summed E-state index contributed by atoms with van der Waals surface area (Å²) in [5.41, 5.74) is 8.39. The number of aryl methyl sites for hydroxylation is 1. The molecule has 0 aliphatic heterocycles. The van der Waals surface area contributed by atoms with Crippen molar-refractivity contribution in [3.8, 4) is 22.8 Å². The van der Waals surface area contributed by atoms with Gasteiger partial charge in [0, 0.05) is 49.7 Å². The third-order valence-corrected chi connectivity index (χ3v) is 4.52. The van der Waals surface area contributed by atoms with Crippen LogP contribution in [0.2, 0.25) is 0 Å². The summed E-state index contributed by atoms with van der Waals surface area (Å²) in [5.74, 6) is 1.13. The number of carbonyl (C=O) groups is 1. The van der Waals surface area contributed by atoms with Gasteiger partial charge in [0.2, 0.25) is 0 Å². The molecule has 1 amide bonds. The van der Waals surface area contributed by atoms with Crippen molar-refractivity contribution in [3.63, 3.8) is 0 Å². The average molecular weight is 409 g/mol. The fraction of sp³-hybridized carbons (Fsp3) is 0.273. The Morgan fingerprint density at radius 3 is 2.77 bits per heavy atom. The van der Waals surface area contributed by atoms with Gasteiger partial charge in [0.15, 0.2) is 0 Å². The van der Waals surface area contributed by atoms with Crippen LogP contribution in [0.3, 0.4) is 0 Å². The van der Waals surface area contributed by atoms with E-state index in [0.29, 0.717) is 42.4 Å². The maximum Gasteiger partial charge on any atom is 0.255 e. The van der Waals surface area contributed by atoms with Crippen molar-refractivity contribution < 1.29 is 14.3 Å². The van der Waals surface area contributed by atoms with E-state index in [2.05, 4.69) is 15.7 Å². The van der Waals surface area contributed by atoms with Crippen LogP contribution in [0.4, 0.5) is 5.69 Å². The highest BCUT2D eigenvalue weighted by Crippen LogP contribution is 2.32. The zero-order chi connectivity index (χ0) is 21.3. The molecule has 0 fully saturated rings. The predicted octanol–water partition coefficient (Wildman–Crippen LogP) is 2.28. The number of aromatic nitrogens is 2. The molecule has 0 bridgehead atoms. The number of rotatable bonds is 10. The summed E-state index contributed by atoms with van der Waals surface area (Å²) in [4.78, 5) is 12.7. The van der Waals surface area contributed by atoms with Crippen molar-refractivity contribution in [2.24, 2.45) is 12.8 Å². The molecule has 158 valence electrons. The second-order valence-corrected chi connectivity index (χ2v) is 6.62. The Kier molecular flexibility index (Phi) is 7.42. The lowest BCUT2D eigenvalue weighted by Crippen LogP contribution is -2.26. The van der Waals surface area contributed by atoms with Crippen LogP contribution < -0.4 is 25.8 Å². The Bertz CT molecular complexity index is 986. The number of nitrogens with one attached hydrogen (secondary N) is 2. The number of methoxy groups -OCH3 is 1. The molecule has 0 unspecified atom stereocenters. The maximum absolute atomic E-state index is 12.7. The highest BCUT2D eigenvalue weighted by Gasteiger charge is 2.13. The van der Waals surface area contributed by atoms with E-state index in [-0.39, 0.29) is 5.91 Å². The van der Waals surface area contributed by atoms with Crippen molar-refractivity contribution >= 4 is 11.6 Å². The first-order valence-electron chi connectivity index (χ1n) is 9.74. The minimum absolute atomic E-state index is 0.218. The second-order valence-electron chi connectivity index (χ2n) is 6.62. The van der Waals surface area contributed by atoms with Gasteiger partial charge in [-0.15, -0.1) is 0 Å². The van der Waals surface area contributed by atoms with Gasteiger partial charge < -0.3 is 25.8 Å². The monoisotopic (exact) mass is 409 g/mol. The summed E-state index contributed by atoms with van der Waals surface area (Å²) in [6.45, 7) is 2.52. The Morgan fingerprint density at radius 1 is 1.17 bits per heavy atom. The molecule has 3 rings (SSSR count). The summed E-state index contributed by atoms with van der Waals surface area (Å²) in [6.07, 6.45) is 1.73. The SMILES string of the molecule is COc1cccc(C(=O)Nc2ccc(OCCNCCN)c(-c3ccnn3C)c2)c1. The van der Waals surface area contributed by atoms with Crippen LogP contribution in [0.5, 0.6) is 11.5 Å². The summed E-state index contributed by atoms with van der Waals surface area (Å²) in [5, 5.41) is 10.4. The molecule has 1 aromatic heterocycles. The molecule has 2 aromatic carbocycles. The number of benzene rings is 2. The molecule has 8 heteroatoms. The van der Waals surface area contributed by atoms with Crippen LogP contribution in [-0.4, -0.2) is 49.0 Å². The van der Waals surface area contributed by atoms with Gasteiger partial charge in [-0.3, -0.25) is 9.48 Å². The average Bonchev–Trinajstić information content (AvgIpc) is 3.20. The van der Waals surface area contributed by atoms with Crippen molar-refractivity contribution in [1.82, 2.24) is 15.1 Å². The van der Waals surface area contributed by atoms with E-state index in [1.54, 1.807) is 42.3 Å². The van der Waals surface area contributed by atoms with E-state index >= 15 is 0 Å². The van der Waals surface area contributed by atoms with Crippen LogP contribution in [0.15, 0.2) is 54.7 Å². The van der Waals surface area contributed by atoms with Crippen LogP contribution in [0.1, 0.15) is 10.4 Å². The van der Waals surface area contributed by atoms with Gasteiger partial charge in [-0.2, -0.15) is 5.10 Å². The van der Waals surface area contributed by atoms with E-state index in [0.717, 1.165) is 17.8 Å². The molecule has 0 radical (unpaired) electrons. The quantitative estimate of drug-likeness (QED) is 0.444. The zero-order valence-electron chi connectivity index (χ0n) is 17.2. The number of ether oxygens (including phenoxy) is 2. The number of carbonyl (C=O) groups excluding carboxylic acids is 1.